The van der Waals surface area contributed by atoms with Gasteiger partial charge in [0.25, 0.3) is 10.0 Å². The summed E-state index contributed by atoms with van der Waals surface area (Å²) in [5.74, 6) is -0.385. The number of hydrogen-bond acceptors (Lipinski definition) is 5. The molecule has 1 aliphatic carbocycles. The molecule has 0 atom stereocenters. The van der Waals surface area contributed by atoms with Crippen molar-refractivity contribution < 1.29 is 23.1 Å². The Balaban J connectivity index is 1.50. The van der Waals surface area contributed by atoms with Crippen molar-refractivity contribution in [1.29, 1.82) is 0 Å². The number of carboxylic acids is 1. The average Bonchev–Trinajstić information content (AvgIpc) is 3.31. The molecule has 1 aliphatic rings. The maximum atomic E-state index is 13.0. The molecule has 1 saturated carbocycles. The molecule has 1 heterocycles. The predicted octanol–water partition coefficient (Wildman–Crippen LogP) is 6.61. The maximum absolute atomic E-state index is 13.0. The van der Waals surface area contributed by atoms with Gasteiger partial charge in [-0.05, 0) is 78.5 Å². The largest absolute Gasteiger partial charge is 0.495 e. The summed E-state index contributed by atoms with van der Waals surface area (Å²) in [4.78, 5) is 12.0. The third kappa shape index (κ3) is 5.28. The van der Waals surface area contributed by atoms with Crippen LogP contribution in [0.4, 0.5) is 5.69 Å². The van der Waals surface area contributed by atoms with Gasteiger partial charge in [-0.2, -0.15) is 0 Å². The number of thiophene rings is 1. The van der Waals surface area contributed by atoms with E-state index in [0.29, 0.717) is 11.3 Å². The number of carboxylic acid groups (broad SMARTS) is 1. The molecule has 2 aromatic carbocycles. The molecular weight excluding hydrogens is 470 g/mol. The first-order valence-electron chi connectivity index (χ1n) is 11.2. The summed E-state index contributed by atoms with van der Waals surface area (Å²) < 4.78 is 33.8. The Labute approximate surface area is 204 Å². The number of carbonyl (C=O) groups is 1. The minimum atomic E-state index is -3.86. The Morgan fingerprint density at radius 1 is 1.06 bits per heavy atom. The summed E-state index contributed by atoms with van der Waals surface area (Å²) in [7, 11) is -2.50. The highest BCUT2D eigenvalue weighted by Gasteiger charge is 2.27. The summed E-state index contributed by atoms with van der Waals surface area (Å²) in [6.07, 6.45) is 4.89. The van der Waals surface area contributed by atoms with E-state index in [9.17, 15) is 13.2 Å². The Hall–Kier alpha value is -2.84. The normalized spacial score (nSPS) is 16.2. The van der Waals surface area contributed by atoms with Crippen LogP contribution in [0.15, 0.2) is 58.8 Å². The van der Waals surface area contributed by atoms with Gasteiger partial charge in [0.1, 0.15) is 9.96 Å². The van der Waals surface area contributed by atoms with Crippen LogP contribution < -0.4 is 9.46 Å². The molecule has 1 aromatic heterocycles. The summed E-state index contributed by atoms with van der Waals surface area (Å²) in [5, 5.41) is 9.14. The molecule has 0 saturated heterocycles. The lowest BCUT2D eigenvalue weighted by Crippen LogP contribution is -2.20. The fraction of sp³-hybridized carbons (Fsp3) is 0.346. The van der Waals surface area contributed by atoms with Crippen LogP contribution in [0, 0.1) is 5.41 Å². The van der Waals surface area contributed by atoms with Gasteiger partial charge in [0.2, 0.25) is 0 Å². The summed E-state index contributed by atoms with van der Waals surface area (Å²) >= 11 is 1.19. The van der Waals surface area contributed by atoms with Gasteiger partial charge in [0, 0.05) is 4.88 Å². The second kappa shape index (κ2) is 9.43. The quantitative estimate of drug-likeness (QED) is 0.382. The van der Waals surface area contributed by atoms with E-state index in [4.69, 9.17) is 9.84 Å². The lowest BCUT2D eigenvalue weighted by Gasteiger charge is -2.34. The van der Waals surface area contributed by atoms with Crippen LogP contribution in [-0.2, 0) is 10.0 Å². The predicted molar refractivity (Wildman–Crippen MR) is 136 cm³/mol. The smallest absolute Gasteiger partial charge is 0.335 e. The number of hydrogen-bond donors (Lipinski definition) is 2. The monoisotopic (exact) mass is 499 g/mol. The zero-order chi connectivity index (χ0) is 24.5. The number of nitrogens with one attached hydrogen (secondary N) is 1. The highest BCUT2D eigenvalue weighted by atomic mass is 32.2. The van der Waals surface area contributed by atoms with E-state index < -0.39 is 16.0 Å². The van der Waals surface area contributed by atoms with Crippen molar-refractivity contribution in [3.63, 3.8) is 0 Å². The Bertz CT molecular complexity index is 1280. The zero-order valence-electron chi connectivity index (χ0n) is 19.5. The molecule has 0 radical (unpaired) electrons. The molecule has 0 bridgehead atoms. The van der Waals surface area contributed by atoms with Gasteiger partial charge in [0.15, 0.2) is 0 Å². The third-order valence-electron chi connectivity index (χ3n) is 6.54. The third-order valence-corrected chi connectivity index (χ3v) is 9.54. The lowest BCUT2D eigenvalue weighted by molar-refractivity contribution is 0.0696. The van der Waals surface area contributed by atoms with Crippen LogP contribution in [0.2, 0.25) is 0 Å². The number of anilines is 1. The molecule has 4 rings (SSSR count). The number of sulfonamides is 1. The second-order valence-corrected chi connectivity index (χ2v) is 12.5. The molecule has 34 heavy (non-hydrogen) atoms. The van der Waals surface area contributed by atoms with Gasteiger partial charge in [-0.25, -0.2) is 13.2 Å². The van der Waals surface area contributed by atoms with Crippen molar-refractivity contribution in [3.05, 3.63) is 65.7 Å². The molecule has 6 nitrogen and oxygen atoms in total. The Kier molecular flexibility index (Phi) is 6.73. The minimum Gasteiger partial charge on any atom is -0.495 e. The number of rotatable bonds is 7. The van der Waals surface area contributed by atoms with E-state index >= 15 is 0 Å². The fourth-order valence-electron chi connectivity index (χ4n) is 4.38. The molecule has 0 aliphatic heterocycles. The molecule has 0 amide bonds. The molecule has 0 spiro atoms. The van der Waals surface area contributed by atoms with Crippen LogP contribution in [-0.4, -0.2) is 26.6 Å². The van der Waals surface area contributed by atoms with Crippen LogP contribution in [0.25, 0.3) is 10.4 Å². The second-order valence-electron chi connectivity index (χ2n) is 9.50. The first kappa shape index (κ1) is 24.3. The van der Waals surface area contributed by atoms with Gasteiger partial charge in [0.05, 0.1) is 18.4 Å². The van der Waals surface area contributed by atoms with Crippen LogP contribution in [0.5, 0.6) is 5.75 Å². The summed E-state index contributed by atoms with van der Waals surface area (Å²) in [5.41, 5.74) is 2.96. The number of benzene rings is 2. The average molecular weight is 500 g/mol. The van der Waals surface area contributed by atoms with Gasteiger partial charge in [-0.3, -0.25) is 4.72 Å². The molecule has 1 fully saturated rings. The Morgan fingerprint density at radius 2 is 1.74 bits per heavy atom. The number of methoxy groups -OCH3 is 1. The molecular formula is C26H29NO5S2. The van der Waals surface area contributed by atoms with Gasteiger partial charge >= 0.3 is 5.97 Å². The highest BCUT2D eigenvalue weighted by molar-refractivity contribution is 7.94. The van der Waals surface area contributed by atoms with E-state index in [1.165, 1.54) is 67.9 Å². The van der Waals surface area contributed by atoms with Gasteiger partial charge in [-0.1, -0.05) is 38.1 Å². The first-order chi connectivity index (χ1) is 16.1. The number of ether oxygens (including phenoxy) is 1. The van der Waals surface area contributed by atoms with Crippen LogP contribution in [0.3, 0.4) is 0 Å². The lowest BCUT2D eigenvalue weighted by atomic mass is 9.71. The fourth-order valence-corrected chi connectivity index (χ4v) is 6.76. The molecule has 0 unspecified atom stereocenters. The van der Waals surface area contributed by atoms with Gasteiger partial charge < -0.3 is 9.84 Å². The van der Waals surface area contributed by atoms with E-state index in [1.54, 1.807) is 6.07 Å². The molecule has 3 aromatic rings. The van der Waals surface area contributed by atoms with Crippen LogP contribution >= 0.6 is 11.3 Å². The Morgan fingerprint density at radius 3 is 2.35 bits per heavy atom. The van der Waals surface area contributed by atoms with E-state index in [0.717, 1.165) is 10.4 Å². The molecule has 8 heteroatoms. The zero-order valence-corrected chi connectivity index (χ0v) is 21.1. The van der Waals surface area contributed by atoms with Crippen molar-refractivity contribution in [2.24, 2.45) is 5.41 Å². The van der Waals surface area contributed by atoms with E-state index in [-0.39, 0.29) is 21.2 Å². The standard InChI is InChI=1S/C26H29NO5S2/c1-26(2)14-12-18(13-15-26)17-4-6-19(7-5-17)23-10-11-24(33-23)34(30,31)27-21-9-8-20(25(28)29)16-22(21)32-3/h4-11,16,18,27H,12-15H2,1-3H3,(H,28,29). The molecule has 180 valence electrons. The van der Waals surface area contributed by atoms with E-state index in [2.05, 4.69) is 42.8 Å². The highest BCUT2D eigenvalue weighted by Crippen LogP contribution is 2.43. The topological polar surface area (TPSA) is 92.7 Å². The van der Waals surface area contributed by atoms with E-state index in [1.807, 2.05) is 6.07 Å². The van der Waals surface area contributed by atoms with Crippen molar-refractivity contribution >= 4 is 33.0 Å². The van der Waals surface area contributed by atoms with Gasteiger partial charge in [-0.15, -0.1) is 11.3 Å². The summed E-state index contributed by atoms with van der Waals surface area (Å²) in [6.45, 7) is 4.68. The summed E-state index contributed by atoms with van der Waals surface area (Å²) in [6, 6.07) is 15.9. The van der Waals surface area contributed by atoms with Crippen molar-refractivity contribution in [1.82, 2.24) is 0 Å². The van der Waals surface area contributed by atoms with Crippen molar-refractivity contribution in [3.8, 4) is 16.2 Å². The molecule has 2 N–H and O–H groups in total. The SMILES string of the molecule is COc1cc(C(=O)O)ccc1NS(=O)(=O)c1ccc(-c2ccc(C3CCC(C)(C)CC3)cc2)s1. The maximum Gasteiger partial charge on any atom is 0.335 e. The number of aromatic carboxylic acids is 1. The first-order valence-corrected chi connectivity index (χ1v) is 13.5. The minimum absolute atomic E-state index is 0.0126. The van der Waals surface area contributed by atoms with Crippen molar-refractivity contribution in [2.75, 3.05) is 11.8 Å². The van der Waals surface area contributed by atoms with Crippen molar-refractivity contribution in [2.45, 2.75) is 49.7 Å². The van der Waals surface area contributed by atoms with Crippen LogP contribution in [0.1, 0.15) is 61.4 Å².